The standard InChI is InChI=1S/C17H23N5O2/c1-12-9-19-16-15(10-20-22(16)11-12)17(24)21-8-4-3-5-14(21)6-7-18-13(2)23/h9-11,14H,3-8H2,1-2H3,(H,18,23). The fourth-order valence-electron chi connectivity index (χ4n) is 3.26. The Balaban J connectivity index is 1.78. The smallest absolute Gasteiger partial charge is 0.259 e. The fourth-order valence-corrected chi connectivity index (χ4v) is 3.26. The Bertz CT molecular complexity index is 755. The molecule has 0 aromatic carbocycles. The number of rotatable bonds is 4. The third-order valence-electron chi connectivity index (χ3n) is 4.46. The molecule has 1 atom stereocenters. The average Bonchev–Trinajstić information content (AvgIpc) is 2.97. The first-order chi connectivity index (χ1) is 11.6. The van der Waals surface area contributed by atoms with E-state index in [9.17, 15) is 9.59 Å². The van der Waals surface area contributed by atoms with Crippen LogP contribution in [0.1, 0.15) is 48.5 Å². The van der Waals surface area contributed by atoms with Gasteiger partial charge >= 0.3 is 0 Å². The van der Waals surface area contributed by atoms with E-state index in [4.69, 9.17) is 0 Å². The quantitative estimate of drug-likeness (QED) is 0.923. The molecule has 2 amide bonds. The van der Waals surface area contributed by atoms with Crippen LogP contribution in [0.2, 0.25) is 0 Å². The maximum Gasteiger partial charge on any atom is 0.259 e. The van der Waals surface area contributed by atoms with E-state index in [0.717, 1.165) is 37.8 Å². The van der Waals surface area contributed by atoms with Crippen LogP contribution in [-0.2, 0) is 4.79 Å². The van der Waals surface area contributed by atoms with Crippen molar-refractivity contribution in [1.29, 1.82) is 0 Å². The Morgan fingerprint density at radius 1 is 1.33 bits per heavy atom. The third kappa shape index (κ3) is 3.39. The Morgan fingerprint density at radius 2 is 2.17 bits per heavy atom. The largest absolute Gasteiger partial charge is 0.356 e. The summed E-state index contributed by atoms with van der Waals surface area (Å²) in [4.78, 5) is 30.3. The second-order valence-electron chi connectivity index (χ2n) is 6.38. The monoisotopic (exact) mass is 329 g/mol. The summed E-state index contributed by atoms with van der Waals surface area (Å²) in [5, 5.41) is 7.07. The molecule has 0 radical (unpaired) electrons. The van der Waals surface area contributed by atoms with Crippen molar-refractivity contribution < 1.29 is 9.59 Å². The number of carbonyl (C=O) groups excluding carboxylic acids is 2. The number of nitrogens with one attached hydrogen (secondary N) is 1. The Labute approximate surface area is 141 Å². The van der Waals surface area contributed by atoms with Crippen molar-refractivity contribution >= 4 is 17.5 Å². The van der Waals surface area contributed by atoms with E-state index in [1.807, 2.05) is 18.0 Å². The number of likely N-dealkylation sites (tertiary alicyclic amines) is 1. The molecular weight excluding hydrogens is 306 g/mol. The minimum absolute atomic E-state index is 0.0196. The lowest BCUT2D eigenvalue weighted by molar-refractivity contribution is -0.119. The first kappa shape index (κ1) is 16.4. The minimum Gasteiger partial charge on any atom is -0.356 e. The number of piperidine rings is 1. The second kappa shape index (κ2) is 6.98. The molecule has 0 aliphatic carbocycles. The normalized spacial score (nSPS) is 17.9. The first-order valence-electron chi connectivity index (χ1n) is 8.41. The lowest BCUT2D eigenvalue weighted by Crippen LogP contribution is -2.45. The molecule has 1 aliphatic rings. The highest BCUT2D eigenvalue weighted by molar-refractivity contribution is 5.99. The lowest BCUT2D eigenvalue weighted by atomic mass is 9.98. The molecule has 1 unspecified atom stereocenters. The van der Waals surface area contributed by atoms with Crippen LogP contribution in [0.25, 0.3) is 5.65 Å². The molecule has 128 valence electrons. The van der Waals surface area contributed by atoms with Gasteiger partial charge < -0.3 is 10.2 Å². The Morgan fingerprint density at radius 3 is 2.96 bits per heavy atom. The number of aryl methyl sites for hydroxylation is 1. The summed E-state index contributed by atoms with van der Waals surface area (Å²) < 4.78 is 1.65. The van der Waals surface area contributed by atoms with Crippen LogP contribution < -0.4 is 5.32 Å². The van der Waals surface area contributed by atoms with Crippen LogP contribution in [0.4, 0.5) is 0 Å². The Hall–Kier alpha value is -2.44. The van der Waals surface area contributed by atoms with Crippen molar-refractivity contribution in [1.82, 2.24) is 24.8 Å². The van der Waals surface area contributed by atoms with E-state index in [0.29, 0.717) is 17.8 Å². The van der Waals surface area contributed by atoms with Crippen molar-refractivity contribution in [3.8, 4) is 0 Å². The lowest BCUT2D eigenvalue weighted by Gasteiger charge is -2.35. The molecule has 1 saturated heterocycles. The molecule has 0 bridgehead atoms. The highest BCUT2D eigenvalue weighted by atomic mass is 16.2. The number of aromatic nitrogens is 3. The van der Waals surface area contributed by atoms with Crippen LogP contribution in [0.5, 0.6) is 0 Å². The maximum atomic E-state index is 13.0. The van der Waals surface area contributed by atoms with Gasteiger partial charge in [0.25, 0.3) is 5.91 Å². The molecule has 2 aromatic heterocycles. The summed E-state index contributed by atoms with van der Waals surface area (Å²) in [7, 11) is 0. The molecule has 0 saturated carbocycles. The predicted molar refractivity (Wildman–Crippen MR) is 89.7 cm³/mol. The summed E-state index contributed by atoms with van der Waals surface area (Å²) in [5.74, 6) is -0.0558. The van der Waals surface area contributed by atoms with Gasteiger partial charge in [0.05, 0.1) is 6.20 Å². The molecule has 3 rings (SSSR count). The van der Waals surface area contributed by atoms with E-state index in [-0.39, 0.29) is 17.9 Å². The van der Waals surface area contributed by atoms with Crippen molar-refractivity contribution in [2.45, 2.75) is 45.6 Å². The molecule has 7 heteroatoms. The SMILES string of the molecule is CC(=O)NCCC1CCCCN1C(=O)c1cnn2cc(C)cnc12. The molecule has 7 nitrogen and oxygen atoms in total. The predicted octanol–water partition coefficient (Wildman–Crippen LogP) is 1.56. The zero-order valence-electron chi connectivity index (χ0n) is 14.2. The van der Waals surface area contributed by atoms with Crippen molar-refractivity contribution in [3.05, 3.63) is 29.7 Å². The molecule has 3 heterocycles. The van der Waals surface area contributed by atoms with Crippen LogP contribution in [0.15, 0.2) is 18.6 Å². The van der Waals surface area contributed by atoms with Gasteiger partial charge in [0, 0.05) is 38.4 Å². The van der Waals surface area contributed by atoms with Gasteiger partial charge in [-0.1, -0.05) is 0 Å². The van der Waals surface area contributed by atoms with Crippen molar-refractivity contribution in [2.24, 2.45) is 0 Å². The van der Waals surface area contributed by atoms with Crippen LogP contribution >= 0.6 is 0 Å². The summed E-state index contributed by atoms with van der Waals surface area (Å²) in [6.45, 7) is 4.79. The van der Waals surface area contributed by atoms with Gasteiger partial charge in [-0.15, -0.1) is 0 Å². The number of hydrogen-bond donors (Lipinski definition) is 1. The molecule has 1 aliphatic heterocycles. The molecular formula is C17H23N5O2. The van der Waals surface area contributed by atoms with Gasteiger partial charge in [0.15, 0.2) is 5.65 Å². The average molecular weight is 329 g/mol. The number of carbonyl (C=O) groups is 2. The topological polar surface area (TPSA) is 79.6 Å². The summed E-state index contributed by atoms with van der Waals surface area (Å²) in [6.07, 6.45) is 9.08. The number of amides is 2. The van der Waals surface area contributed by atoms with Crippen molar-refractivity contribution in [3.63, 3.8) is 0 Å². The van der Waals surface area contributed by atoms with Crippen LogP contribution in [0, 0.1) is 6.92 Å². The summed E-state index contributed by atoms with van der Waals surface area (Å²) >= 11 is 0. The van der Waals surface area contributed by atoms with E-state index in [1.165, 1.54) is 6.92 Å². The molecule has 1 N–H and O–H groups in total. The second-order valence-corrected chi connectivity index (χ2v) is 6.38. The highest BCUT2D eigenvalue weighted by Gasteiger charge is 2.29. The summed E-state index contributed by atoms with van der Waals surface area (Å²) in [6, 6.07) is 0.151. The molecule has 2 aromatic rings. The minimum atomic E-state index is -0.0362. The van der Waals surface area contributed by atoms with Gasteiger partial charge in [0.2, 0.25) is 5.91 Å². The number of fused-ring (bicyclic) bond motifs is 1. The number of nitrogens with zero attached hydrogens (tertiary/aromatic N) is 4. The van der Waals surface area contributed by atoms with Crippen LogP contribution in [-0.4, -0.2) is 50.4 Å². The van der Waals surface area contributed by atoms with E-state index >= 15 is 0 Å². The fraction of sp³-hybridized carbons (Fsp3) is 0.529. The highest BCUT2D eigenvalue weighted by Crippen LogP contribution is 2.23. The van der Waals surface area contributed by atoms with Gasteiger partial charge in [-0.3, -0.25) is 9.59 Å². The third-order valence-corrected chi connectivity index (χ3v) is 4.46. The molecule has 1 fully saturated rings. The van der Waals surface area contributed by atoms with Gasteiger partial charge in [-0.2, -0.15) is 5.10 Å². The molecule has 24 heavy (non-hydrogen) atoms. The van der Waals surface area contributed by atoms with Gasteiger partial charge in [-0.05, 0) is 38.2 Å². The summed E-state index contributed by atoms with van der Waals surface area (Å²) in [5.41, 5.74) is 2.13. The van der Waals surface area contributed by atoms with Crippen molar-refractivity contribution in [2.75, 3.05) is 13.1 Å². The van der Waals surface area contributed by atoms with Gasteiger partial charge in [0.1, 0.15) is 5.56 Å². The van der Waals surface area contributed by atoms with Gasteiger partial charge in [-0.25, -0.2) is 9.50 Å². The zero-order chi connectivity index (χ0) is 17.1. The maximum absolute atomic E-state index is 13.0. The first-order valence-corrected chi connectivity index (χ1v) is 8.41. The molecule has 0 spiro atoms. The van der Waals surface area contributed by atoms with E-state index in [2.05, 4.69) is 15.4 Å². The zero-order valence-corrected chi connectivity index (χ0v) is 14.2. The van der Waals surface area contributed by atoms with E-state index < -0.39 is 0 Å². The Kier molecular flexibility index (Phi) is 4.78. The van der Waals surface area contributed by atoms with E-state index in [1.54, 1.807) is 16.9 Å². The van der Waals surface area contributed by atoms with Crippen LogP contribution in [0.3, 0.4) is 0 Å². The number of hydrogen-bond acceptors (Lipinski definition) is 4.